The van der Waals surface area contributed by atoms with Crippen LogP contribution in [0.25, 0.3) is 0 Å². The SMILES string of the molecule is Cc1c(C(=O)N(Cc2cccnc2)C(C)C)cccc1[N+](=O)[O-]. The fraction of sp³-hybridized carbons (Fsp3) is 0.294. The Morgan fingerprint density at radius 2 is 2.04 bits per heavy atom. The zero-order valence-electron chi connectivity index (χ0n) is 13.4. The Bertz CT molecular complexity index is 714. The summed E-state index contributed by atoms with van der Waals surface area (Å²) in [6.45, 7) is 5.85. The summed E-state index contributed by atoms with van der Waals surface area (Å²) in [6, 6.07) is 8.26. The average molecular weight is 313 g/mol. The van der Waals surface area contributed by atoms with Crippen LogP contribution in [0, 0.1) is 17.0 Å². The molecule has 120 valence electrons. The molecule has 0 aliphatic heterocycles. The summed E-state index contributed by atoms with van der Waals surface area (Å²) in [4.78, 5) is 29.2. The molecule has 1 aromatic heterocycles. The lowest BCUT2D eigenvalue weighted by atomic mass is 10.0. The van der Waals surface area contributed by atoms with E-state index in [1.165, 1.54) is 6.07 Å². The molecule has 0 bridgehead atoms. The van der Waals surface area contributed by atoms with E-state index in [1.807, 2.05) is 26.0 Å². The number of nitro benzene ring substituents is 1. The van der Waals surface area contributed by atoms with Crippen molar-refractivity contribution < 1.29 is 9.72 Å². The van der Waals surface area contributed by atoms with E-state index in [-0.39, 0.29) is 17.6 Å². The van der Waals surface area contributed by atoms with E-state index in [9.17, 15) is 14.9 Å². The van der Waals surface area contributed by atoms with Crippen LogP contribution in [0.3, 0.4) is 0 Å². The normalized spacial score (nSPS) is 10.6. The van der Waals surface area contributed by atoms with Crippen LogP contribution in [0.5, 0.6) is 0 Å². The molecule has 2 aromatic rings. The smallest absolute Gasteiger partial charge is 0.273 e. The van der Waals surface area contributed by atoms with E-state index in [2.05, 4.69) is 4.98 Å². The predicted molar refractivity (Wildman–Crippen MR) is 87.1 cm³/mol. The van der Waals surface area contributed by atoms with Crippen molar-refractivity contribution in [2.45, 2.75) is 33.4 Å². The fourth-order valence-electron chi connectivity index (χ4n) is 2.38. The number of nitrogens with zero attached hydrogens (tertiary/aromatic N) is 3. The van der Waals surface area contributed by atoms with E-state index in [0.717, 1.165) is 5.56 Å². The Kier molecular flexibility index (Phi) is 5.05. The van der Waals surface area contributed by atoms with E-state index >= 15 is 0 Å². The molecule has 1 amide bonds. The number of carbonyl (C=O) groups excluding carboxylic acids is 1. The zero-order valence-corrected chi connectivity index (χ0v) is 13.4. The highest BCUT2D eigenvalue weighted by Gasteiger charge is 2.24. The molecule has 2 rings (SSSR count). The second kappa shape index (κ2) is 7.00. The molecule has 23 heavy (non-hydrogen) atoms. The molecule has 0 saturated carbocycles. The Balaban J connectivity index is 2.35. The van der Waals surface area contributed by atoms with Crippen molar-refractivity contribution in [3.8, 4) is 0 Å². The maximum atomic E-state index is 12.9. The molecule has 1 aromatic carbocycles. The largest absolute Gasteiger partial charge is 0.332 e. The topological polar surface area (TPSA) is 76.3 Å². The van der Waals surface area contributed by atoms with Crippen molar-refractivity contribution in [1.29, 1.82) is 0 Å². The Morgan fingerprint density at radius 1 is 1.30 bits per heavy atom. The number of rotatable bonds is 5. The summed E-state index contributed by atoms with van der Waals surface area (Å²) in [7, 11) is 0. The summed E-state index contributed by atoms with van der Waals surface area (Å²) in [5, 5.41) is 11.1. The number of aromatic nitrogens is 1. The van der Waals surface area contributed by atoms with Gasteiger partial charge in [0.1, 0.15) is 0 Å². The maximum Gasteiger partial charge on any atom is 0.273 e. The van der Waals surface area contributed by atoms with Gasteiger partial charge in [-0.3, -0.25) is 19.9 Å². The van der Waals surface area contributed by atoms with Gasteiger partial charge in [0.05, 0.1) is 4.92 Å². The number of benzene rings is 1. The van der Waals surface area contributed by atoms with Crippen LogP contribution in [0.4, 0.5) is 5.69 Å². The van der Waals surface area contributed by atoms with Crippen LogP contribution in [-0.2, 0) is 6.54 Å². The number of carbonyl (C=O) groups is 1. The minimum absolute atomic E-state index is 0.0404. The van der Waals surface area contributed by atoms with Gasteiger partial charge in [-0.2, -0.15) is 0 Å². The van der Waals surface area contributed by atoms with E-state index in [0.29, 0.717) is 17.7 Å². The second-order valence-corrected chi connectivity index (χ2v) is 5.59. The number of nitro groups is 1. The van der Waals surface area contributed by atoms with Crippen LogP contribution in [-0.4, -0.2) is 26.8 Å². The molecule has 0 radical (unpaired) electrons. The van der Waals surface area contributed by atoms with Crippen LogP contribution in [0.2, 0.25) is 0 Å². The van der Waals surface area contributed by atoms with E-state index < -0.39 is 4.92 Å². The molecular formula is C17H19N3O3. The molecule has 0 aliphatic carbocycles. The van der Waals surface area contributed by atoms with Gasteiger partial charge in [-0.05, 0) is 38.5 Å². The van der Waals surface area contributed by atoms with Crippen molar-refractivity contribution in [1.82, 2.24) is 9.88 Å². The highest BCUT2D eigenvalue weighted by Crippen LogP contribution is 2.23. The lowest BCUT2D eigenvalue weighted by Crippen LogP contribution is -2.36. The fourth-order valence-corrected chi connectivity index (χ4v) is 2.38. The molecule has 6 heteroatoms. The first-order valence-electron chi connectivity index (χ1n) is 7.35. The third-order valence-corrected chi connectivity index (χ3v) is 3.69. The van der Waals surface area contributed by atoms with Gasteiger partial charge < -0.3 is 4.90 Å². The molecule has 0 saturated heterocycles. The number of hydrogen-bond donors (Lipinski definition) is 0. The molecule has 0 unspecified atom stereocenters. The van der Waals surface area contributed by atoms with Gasteiger partial charge in [0.25, 0.3) is 11.6 Å². The predicted octanol–water partition coefficient (Wildman–Crippen LogP) is 3.35. The molecule has 0 atom stereocenters. The van der Waals surface area contributed by atoms with Crippen LogP contribution >= 0.6 is 0 Å². The minimum atomic E-state index is -0.465. The van der Waals surface area contributed by atoms with Gasteiger partial charge in [0.15, 0.2) is 0 Å². The first kappa shape index (κ1) is 16.6. The van der Waals surface area contributed by atoms with Gasteiger partial charge >= 0.3 is 0 Å². The molecule has 6 nitrogen and oxygen atoms in total. The number of hydrogen-bond acceptors (Lipinski definition) is 4. The Labute approximate surface area is 134 Å². The van der Waals surface area contributed by atoms with Crippen molar-refractivity contribution in [2.75, 3.05) is 0 Å². The van der Waals surface area contributed by atoms with Gasteiger partial charge in [-0.25, -0.2) is 0 Å². The first-order chi connectivity index (χ1) is 10.9. The average Bonchev–Trinajstić information content (AvgIpc) is 2.52. The minimum Gasteiger partial charge on any atom is -0.332 e. The molecule has 0 spiro atoms. The van der Waals surface area contributed by atoms with Gasteiger partial charge in [0, 0.05) is 42.2 Å². The Morgan fingerprint density at radius 3 is 2.61 bits per heavy atom. The van der Waals surface area contributed by atoms with Crippen LogP contribution in [0.1, 0.15) is 35.3 Å². The first-order valence-corrected chi connectivity index (χ1v) is 7.35. The zero-order chi connectivity index (χ0) is 17.0. The van der Waals surface area contributed by atoms with E-state index in [1.54, 1.807) is 36.4 Å². The summed E-state index contributed by atoms with van der Waals surface area (Å²) < 4.78 is 0. The standard InChI is InChI=1S/C17H19N3O3/c1-12(2)19(11-14-6-5-9-18-10-14)17(21)15-7-4-8-16(13(15)3)20(22)23/h4-10,12H,11H2,1-3H3. The highest BCUT2D eigenvalue weighted by molar-refractivity contribution is 5.96. The second-order valence-electron chi connectivity index (χ2n) is 5.59. The van der Waals surface area contributed by atoms with Crippen molar-refractivity contribution >= 4 is 11.6 Å². The summed E-state index contributed by atoms with van der Waals surface area (Å²) in [5.74, 6) is -0.218. The van der Waals surface area contributed by atoms with Gasteiger partial charge in [0.2, 0.25) is 0 Å². The lowest BCUT2D eigenvalue weighted by Gasteiger charge is -2.27. The number of amides is 1. The quantitative estimate of drug-likeness (QED) is 0.626. The third-order valence-electron chi connectivity index (χ3n) is 3.69. The molecular weight excluding hydrogens is 294 g/mol. The van der Waals surface area contributed by atoms with Crippen molar-refractivity contribution in [3.05, 3.63) is 69.5 Å². The van der Waals surface area contributed by atoms with Gasteiger partial charge in [-0.15, -0.1) is 0 Å². The van der Waals surface area contributed by atoms with Crippen molar-refractivity contribution in [3.63, 3.8) is 0 Å². The van der Waals surface area contributed by atoms with Gasteiger partial charge in [-0.1, -0.05) is 12.1 Å². The lowest BCUT2D eigenvalue weighted by molar-refractivity contribution is -0.385. The highest BCUT2D eigenvalue weighted by atomic mass is 16.6. The molecule has 0 aliphatic rings. The monoisotopic (exact) mass is 313 g/mol. The molecule has 0 N–H and O–H groups in total. The van der Waals surface area contributed by atoms with Crippen molar-refractivity contribution in [2.24, 2.45) is 0 Å². The summed E-state index contributed by atoms with van der Waals surface area (Å²) in [6.07, 6.45) is 3.39. The van der Waals surface area contributed by atoms with E-state index in [4.69, 9.17) is 0 Å². The number of pyridine rings is 1. The third kappa shape index (κ3) is 3.71. The molecule has 1 heterocycles. The van der Waals surface area contributed by atoms with Crippen LogP contribution < -0.4 is 0 Å². The Hall–Kier alpha value is -2.76. The summed E-state index contributed by atoms with van der Waals surface area (Å²) in [5.41, 5.74) is 1.62. The van der Waals surface area contributed by atoms with Crippen LogP contribution in [0.15, 0.2) is 42.7 Å². The maximum absolute atomic E-state index is 12.9. The molecule has 0 fully saturated rings. The summed E-state index contributed by atoms with van der Waals surface area (Å²) >= 11 is 0.